The second-order valence-corrected chi connectivity index (χ2v) is 5.68. The molecular weight excluding hydrogens is 194 g/mol. The molecule has 0 aromatic carbocycles. The molecule has 2 heteroatoms. The van der Waals surface area contributed by atoms with Gasteiger partial charge in [0, 0.05) is 28.6 Å². The number of fused-ring (bicyclic) bond motifs is 1. The molecule has 0 spiro atoms. The van der Waals surface area contributed by atoms with Crippen LogP contribution in [0.5, 0.6) is 0 Å². The SMILES string of the molecule is CC(C)(C)c1ccc2c(n1)CC(Cl)C2. The van der Waals surface area contributed by atoms with Crippen molar-refractivity contribution in [3.8, 4) is 0 Å². The molecule has 0 saturated heterocycles. The van der Waals surface area contributed by atoms with Crippen molar-refractivity contribution >= 4 is 11.6 Å². The summed E-state index contributed by atoms with van der Waals surface area (Å²) >= 11 is 6.10. The van der Waals surface area contributed by atoms with Crippen LogP contribution in [-0.4, -0.2) is 10.4 Å². The molecule has 76 valence electrons. The number of rotatable bonds is 0. The van der Waals surface area contributed by atoms with Crippen LogP contribution in [0.2, 0.25) is 0 Å². The molecule has 1 aromatic heterocycles. The molecule has 0 radical (unpaired) electrons. The van der Waals surface area contributed by atoms with Crippen LogP contribution < -0.4 is 0 Å². The molecule has 1 unspecified atom stereocenters. The van der Waals surface area contributed by atoms with Gasteiger partial charge in [-0.2, -0.15) is 0 Å². The lowest BCUT2D eigenvalue weighted by Gasteiger charge is -2.18. The van der Waals surface area contributed by atoms with E-state index in [2.05, 4.69) is 32.9 Å². The van der Waals surface area contributed by atoms with Crippen molar-refractivity contribution in [2.45, 2.75) is 44.4 Å². The monoisotopic (exact) mass is 209 g/mol. The zero-order valence-electron chi connectivity index (χ0n) is 8.97. The Bertz CT molecular complexity index is 352. The van der Waals surface area contributed by atoms with E-state index >= 15 is 0 Å². The van der Waals surface area contributed by atoms with E-state index in [1.165, 1.54) is 17.0 Å². The highest BCUT2D eigenvalue weighted by molar-refractivity contribution is 6.21. The van der Waals surface area contributed by atoms with Crippen LogP contribution in [0.4, 0.5) is 0 Å². The fraction of sp³-hybridized carbons (Fsp3) is 0.583. The van der Waals surface area contributed by atoms with Crippen molar-refractivity contribution in [2.75, 3.05) is 0 Å². The maximum absolute atomic E-state index is 6.10. The number of nitrogens with zero attached hydrogens (tertiary/aromatic N) is 1. The van der Waals surface area contributed by atoms with Crippen LogP contribution in [0.3, 0.4) is 0 Å². The summed E-state index contributed by atoms with van der Waals surface area (Å²) in [5.41, 5.74) is 3.84. The van der Waals surface area contributed by atoms with Gasteiger partial charge in [-0.25, -0.2) is 0 Å². The van der Waals surface area contributed by atoms with Crippen molar-refractivity contribution in [1.82, 2.24) is 4.98 Å². The number of aromatic nitrogens is 1. The minimum absolute atomic E-state index is 0.138. The van der Waals surface area contributed by atoms with Crippen LogP contribution in [0.1, 0.15) is 37.7 Å². The number of hydrogen-bond acceptors (Lipinski definition) is 1. The molecule has 0 bridgehead atoms. The summed E-state index contributed by atoms with van der Waals surface area (Å²) in [6.45, 7) is 6.57. The molecule has 1 heterocycles. The van der Waals surface area contributed by atoms with Crippen molar-refractivity contribution in [3.05, 3.63) is 29.1 Å². The van der Waals surface area contributed by atoms with Crippen LogP contribution in [0, 0.1) is 0 Å². The maximum Gasteiger partial charge on any atom is 0.0460 e. The fourth-order valence-corrected chi connectivity index (χ4v) is 2.14. The number of hydrogen-bond donors (Lipinski definition) is 0. The molecule has 0 saturated carbocycles. The predicted octanol–water partition coefficient (Wildman–Crippen LogP) is 3.09. The fourth-order valence-electron chi connectivity index (χ4n) is 1.83. The number of halogens is 1. The molecule has 0 N–H and O–H groups in total. The topological polar surface area (TPSA) is 12.9 Å². The van der Waals surface area contributed by atoms with Crippen LogP contribution in [0.25, 0.3) is 0 Å². The zero-order valence-corrected chi connectivity index (χ0v) is 9.73. The van der Waals surface area contributed by atoms with E-state index < -0.39 is 0 Å². The van der Waals surface area contributed by atoms with Crippen LogP contribution in [0.15, 0.2) is 12.1 Å². The van der Waals surface area contributed by atoms with Gasteiger partial charge in [0.25, 0.3) is 0 Å². The van der Waals surface area contributed by atoms with E-state index in [1.54, 1.807) is 0 Å². The molecule has 1 aliphatic carbocycles. The van der Waals surface area contributed by atoms with Gasteiger partial charge in [-0.3, -0.25) is 4.98 Å². The molecule has 0 fully saturated rings. The summed E-state index contributed by atoms with van der Waals surface area (Å²) in [7, 11) is 0. The standard InChI is InChI=1S/C12H16ClN/c1-12(2,3)11-5-4-8-6-9(13)7-10(8)14-11/h4-5,9H,6-7H2,1-3H3. The van der Waals surface area contributed by atoms with Gasteiger partial charge < -0.3 is 0 Å². The first-order valence-corrected chi connectivity index (χ1v) is 5.54. The Kier molecular flexibility index (Phi) is 2.30. The lowest BCUT2D eigenvalue weighted by Crippen LogP contribution is -2.14. The van der Waals surface area contributed by atoms with Gasteiger partial charge in [-0.1, -0.05) is 26.8 Å². The Labute approximate surface area is 90.5 Å². The lowest BCUT2D eigenvalue weighted by molar-refractivity contribution is 0.566. The minimum Gasteiger partial charge on any atom is -0.257 e. The minimum atomic E-state index is 0.138. The summed E-state index contributed by atoms with van der Waals surface area (Å²) in [6.07, 6.45) is 1.91. The number of alkyl halides is 1. The third-order valence-electron chi connectivity index (χ3n) is 2.69. The average molecular weight is 210 g/mol. The summed E-state index contributed by atoms with van der Waals surface area (Å²) in [5, 5.41) is 0.257. The van der Waals surface area contributed by atoms with E-state index in [1.807, 2.05) is 0 Å². The van der Waals surface area contributed by atoms with Gasteiger partial charge in [0.15, 0.2) is 0 Å². The Morgan fingerprint density at radius 1 is 1.29 bits per heavy atom. The summed E-state index contributed by atoms with van der Waals surface area (Å²) < 4.78 is 0. The first-order valence-electron chi connectivity index (χ1n) is 5.10. The molecule has 0 aliphatic heterocycles. The Hall–Kier alpha value is -0.560. The number of pyridine rings is 1. The second-order valence-electron chi connectivity index (χ2n) is 5.06. The van der Waals surface area contributed by atoms with E-state index in [9.17, 15) is 0 Å². The quantitative estimate of drug-likeness (QED) is 0.599. The molecular formula is C12H16ClN. The van der Waals surface area contributed by atoms with Gasteiger partial charge in [0.2, 0.25) is 0 Å². The first kappa shape index (κ1) is 9.97. The van der Waals surface area contributed by atoms with Gasteiger partial charge in [-0.15, -0.1) is 11.6 Å². The highest BCUT2D eigenvalue weighted by atomic mass is 35.5. The van der Waals surface area contributed by atoms with E-state index in [-0.39, 0.29) is 10.8 Å². The summed E-state index contributed by atoms with van der Waals surface area (Å²) in [6, 6.07) is 4.32. The van der Waals surface area contributed by atoms with Crippen LogP contribution >= 0.6 is 11.6 Å². The summed E-state index contributed by atoms with van der Waals surface area (Å²) in [5.74, 6) is 0. The van der Waals surface area contributed by atoms with E-state index in [4.69, 9.17) is 16.6 Å². The van der Waals surface area contributed by atoms with Crippen molar-refractivity contribution in [3.63, 3.8) is 0 Å². The Balaban J connectivity index is 2.38. The first-order chi connectivity index (χ1) is 6.47. The molecule has 0 amide bonds. The van der Waals surface area contributed by atoms with Gasteiger partial charge >= 0.3 is 0 Å². The Morgan fingerprint density at radius 2 is 2.00 bits per heavy atom. The summed E-state index contributed by atoms with van der Waals surface area (Å²) in [4.78, 5) is 4.69. The van der Waals surface area contributed by atoms with E-state index in [0.29, 0.717) is 0 Å². The van der Waals surface area contributed by atoms with Gasteiger partial charge in [0.05, 0.1) is 0 Å². The largest absolute Gasteiger partial charge is 0.257 e. The molecule has 1 aliphatic rings. The highest BCUT2D eigenvalue weighted by Gasteiger charge is 2.23. The molecule has 2 rings (SSSR count). The predicted molar refractivity (Wildman–Crippen MR) is 60.0 cm³/mol. The lowest BCUT2D eigenvalue weighted by atomic mass is 9.91. The van der Waals surface area contributed by atoms with Crippen LogP contribution in [-0.2, 0) is 18.3 Å². The smallest absolute Gasteiger partial charge is 0.0460 e. The molecule has 1 aromatic rings. The normalized spacial score (nSPS) is 21.0. The van der Waals surface area contributed by atoms with Crippen molar-refractivity contribution in [2.24, 2.45) is 0 Å². The third-order valence-corrected chi connectivity index (χ3v) is 3.00. The maximum atomic E-state index is 6.10. The van der Waals surface area contributed by atoms with E-state index in [0.717, 1.165) is 12.8 Å². The zero-order chi connectivity index (χ0) is 10.3. The van der Waals surface area contributed by atoms with Gasteiger partial charge in [-0.05, 0) is 18.1 Å². The average Bonchev–Trinajstić information content (AvgIpc) is 2.41. The van der Waals surface area contributed by atoms with Gasteiger partial charge in [0.1, 0.15) is 0 Å². The third kappa shape index (κ3) is 1.78. The highest BCUT2D eigenvalue weighted by Crippen LogP contribution is 2.27. The van der Waals surface area contributed by atoms with Crippen molar-refractivity contribution < 1.29 is 0 Å². The molecule has 14 heavy (non-hydrogen) atoms. The second kappa shape index (κ2) is 3.23. The Morgan fingerprint density at radius 3 is 2.64 bits per heavy atom. The molecule has 1 nitrogen and oxygen atoms in total. The van der Waals surface area contributed by atoms with Crippen molar-refractivity contribution in [1.29, 1.82) is 0 Å². The molecule has 1 atom stereocenters.